The number of hydrogen-bond donors (Lipinski definition) is 0. The van der Waals surface area contributed by atoms with Crippen LogP contribution in [0.4, 0.5) is 0 Å². The number of Topliss-reactive ketones (excluding diaryl/α,β-unsaturated/α-hetero) is 1. The van der Waals surface area contributed by atoms with Crippen molar-refractivity contribution in [1.29, 1.82) is 0 Å². The van der Waals surface area contributed by atoms with Crippen molar-refractivity contribution in [2.24, 2.45) is 0 Å². The van der Waals surface area contributed by atoms with Gasteiger partial charge < -0.3 is 4.74 Å². The van der Waals surface area contributed by atoms with Crippen LogP contribution in [0.15, 0.2) is 30.3 Å². The van der Waals surface area contributed by atoms with Gasteiger partial charge in [-0.2, -0.15) is 0 Å². The van der Waals surface area contributed by atoms with Crippen molar-refractivity contribution in [1.82, 2.24) is 0 Å². The van der Waals surface area contributed by atoms with Crippen LogP contribution in [0.2, 0.25) is 5.02 Å². The van der Waals surface area contributed by atoms with Crippen LogP contribution in [0.25, 0.3) is 0 Å². The van der Waals surface area contributed by atoms with Gasteiger partial charge in [0.2, 0.25) is 0 Å². The smallest absolute Gasteiger partial charge is 0.170 e. The van der Waals surface area contributed by atoms with Gasteiger partial charge in [0.1, 0.15) is 11.9 Å². The summed E-state index contributed by atoms with van der Waals surface area (Å²) in [5.74, 6) is 0.734. The molecule has 1 aromatic carbocycles. The van der Waals surface area contributed by atoms with Gasteiger partial charge in [-0.15, -0.1) is 11.3 Å². The summed E-state index contributed by atoms with van der Waals surface area (Å²) in [7, 11) is 0. The molecule has 4 heteroatoms. The largest absolute Gasteiger partial charge is 0.484 e. The molecule has 19 heavy (non-hydrogen) atoms. The van der Waals surface area contributed by atoms with Gasteiger partial charge in [0.15, 0.2) is 5.78 Å². The summed E-state index contributed by atoms with van der Waals surface area (Å²) in [5, 5.41) is 0.568. The van der Waals surface area contributed by atoms with Crippen molar-refractivity contribution < 1.29 is 9.53 Å². The normalized spacial score (nSPS) is 18.0. The molecule has 2 aromatic rings. The quantitative estimate of drug-likeness (QED) is 0.804. The number of thiophene rings is 1. The topological polar surface area (TPSA) is 26.3 Å². The summed E-state index contributed by atoms with van der Waals surface area (Å²) in [5.41, 5.74) is 0.594. The Bertz CT molecular complexity index is 633. The average molecular weight is 293 g/mol. The second kappa shape index (κ2) is 4.99. The molecule has 98 valence electrons. The Labute approximate surface area is 121 Å². The summed E-state index contributed by atoms with van der Waals surface area (Å²) in [6, 6.07) is 9.37. The van der Waals surface area contributed by atoms with E-state index in [2.05, 4.69) is 19.1 Å². The van der Waals surface area contributed by atoms with E-state index in [1.165, 1.54) is 4.88 Å². The van der Waals surface area contributed by atoms with Gasteiger partial charge in [-0.25, -0.2) is 0 Å². The van der Waals surface area contributed by atoms with Crippen LogP contribution < -0.4 is 4.74 Å². The fourth-order valence-electron chi connectivity index (χ4n) is 2.21. The van der Waals surface area contributed by atoms with E-state index in [0.29, 0.717) is 22.8 Å². The summed E-state index contributed by atoms with van der Waals surface area (Å²) >= 11 is 7.63. The van der Waals surface area contributed by atoms with Crippen LogP contribution in [0.1, 0.15) is 39.6 Å². The maximum Gasteiger partial charge on any atom is 0.170 e. The highest BCUT2D eigenvalue weighted by atomic mass is 35.5. The molecule has 0 amide bonds. The first kappa shape index (κ1) is 12.7. The van der Waals surface area contributed by atoms with Crippen molar-refractivity contribution in [3.05, 3.63) is 50.7 Å². The maximum absolute atomic E-state index is 12.2. The molecule has 2 nitrogen and oxygen atoms in total. The molecule has 1 aliphatic heterocycles. The highest BCUT2D eigenvalue weighted by Gasteiger charge is 2.28. The van der Waals surface area contributed by atoms with E-state index in [0.717, 1.165) is 11.3 Å². The van der Waals surface area contributed by atoms with Crippen LogP contribution in [0, 0.1) is 0 Å². The summed E-state index contributed by atoms with van der Waals surface area (Å²) in [6.45, 7) is 2.12. The number of benzene rings is 1. The van der Waals surface area contributed by atoms with E-state index in [1.54, 1.807) is 29.5 Å². The molecule has 0 fully saturated rings. The lowest BCUT2D eigenvalue weighted by atomic mass is 10.00. The number of carbonyl (C=O) groups is 1. The van der Waals surface area contributed by atoms with Crippen molar-refractivity contribution in [3.8, 4) is 5.75 Å². The molecule has 0 aliphatic carbocycles. The molecule has 3 rings (SSSR count). The molecule has 0 N–H and O–H groups in total. The summed E-state index contributed by atoms with van der Waals surface area (Å²) in [6.07, 6.45) is 1.24. The van der Waals surface area contributed by atoms with Gasteiger partial charge in [-0.3, -0.25) is 4.79 Å². The molecule has 0 saturated carbocycles. The van der Waals surface area contributed by atoms with Crippen LogP contribution in [0.5, 0.6) is 5.75 Å². The van der Waals surface area contributed by atoms with Gasteiger partial charge in [0.05, 0.1) is 12.0 Å². The van der Waals surface area contributed by atoms with Gasteiger partial charge in [-0.1, -0.05) is 18.5 Å². The minimum Gasteiger partial charge on any atom is -0.484 e. The van der Waals surface area contributed by atoms with Gasteiger partial charge in [0.25, 0.3) is 0 Å². The van der Waals surface area contributed by atoms with E-state index in [9.17, 15) is 4.79 Å². The third-order valence-corrected chi connectivity index (χ3v) is 4.79. The first-order valence-corrected chi connectivity index (χ1v) is 7.45. The number of carbonyl (C=O) groups excluding carboxylic acids is 1. The van der Waals surface area contributed by atoms with E-state index in [1.807, 2.05) is 0 Å². The lowest BCUT2D eigenvalue weighted by Gasteiger charge is -2.24. The van der Waals surface area contributed by atoms with E-state index >= 15 is 0 Å². The number of aryl methyl sites for hydroxylation is 1. The SMILES string of the molecule is CCc1ccc(C2CC(=O)c3cc(Cl)ccc3O2)s1. The number of halogens is 1. The van der Waals surface area contributed by atoms with Gasteiger partial charge in [-0.05, 0) is 36.8 Å². The van der Waals surface area contributed by atoms with Crippen molar-refractivity contribution in [2.75, 3.05) is 0 Å². The third-order valence-electron chi connectivity index (χ3n) is 3.23. The zero-order valence-corrected chi connectivity index (χ0v) is 12.1. The molecule has 2 heterocycles. The number of ketones is 1. The average Bonchev–Trinajstić information content (AvgIpc) is 2.88. The monoisotopic (exact) mass is 292 g/mol. The number of rotatable bonds is 2. The van der Waals surface area contributed by atoms with E-state index in [-0.39, 0.29) is 11.9 Å². The molecule has 0 bridgehead atoms. The molecule has 0 radical (unpaired) electrons. The Morgan fingerprint density at radius 2 is 2.21 bits per heavy atom. The highest BCUT2D eigenvalue weighted by Crippen LogP contribution is 2.38. The first-order valence-electron chi connectivity index (χ1n) is 6.25. The van der Waals surface area contributed by atoms with Crippen LogP contribution in [-0.4, -0.2) is 5.78 Å². The second-order valence-electron chi connectivity index (χ2n) is 4.53. The Morgan fingerprint density at radius 3 is 2.95 bits per heavy atom. The molecule has 0 spiro atoms. The molecular weight excluding hydrogens is 280 g/mol. The molecule has 0 saturated heterocycles. The molecule has 1 aliphatic rings. The second-order valence-corrected chi connectivity index (χ2v) is 6.17. The number of ether oxygens (including phenoxy) is 1. The van der Waals surface area contributed by atoms with E-state index in [4.69, 9.17) is 16.3 Å². The lowest BCUT2D eigenvalue weighted by molar-refractivity contribution is 0.0854. The number of fused-ring (bicyclic) bond motifs is 1. The lowest BCUT2D eigenvalue weighted by Crippen LogP contribution is -2.19. The van der Waals surface area contributed by atoms with Crippen molar-refractivity contribution >= 4 is 28.7 Å². The van der Waals surface area contributed by atoms with Crippen molar-refractivity contribution in [3.63, 3.8) is 0 Å². The minimum absolute atomic E-state index is 0.0974. The fraction of sp³-hybridized carbons (Fsp3) is 0.267. The Kier molecular flexibility index (Phi) is 3.33. The zero-order valence-electron chi connectivity index (χ0n) is 10.5. The minimum atomic E-state index is -0.161. The van der Waals surface area contributed by atoms with Crippen LogP contribution in [0.3, 0.4) is 0 Å². The molecular formula is C15H13ClO2S. The Hall–Kier alpha value is -1.32. The Balaban J connectivity index is 1.92. The Morgan fingerprint density at radius 1 is 1.37 bits per heavy atom. The summed E-state index contributed by atoms with van der Waals surface area (Å²) in [4.78, 5) is 14.6. The van der Waals surface area contributed by atoms with Crippen LogP contribution >= 0.6 is 22.9 Å². The van der Waals surface area contributed by atoms with Gasteiger partial charge >= 0.3 is 0 Å². The molecule has 1 unspecified atom stereocenters. The zero-order chi connectivity index (χ0) is 13.4. The highest BCUT2D eigenvalue weighted by molar-refractivity contribution is 7.12. The standard InChI is InChI=1S/C15H13ClO2S/c1-2-10-4-6-15(19-10)14-8-12(17)11-7-9(16)3-5-13(11)18-14/h3-7,14H,2,8H2,1H3. The first-order chi connectivity index (χ1) is 9.17. The third kappa shape index (κ3) is 2.40. The number of hydrogen-bond acceptors (Lipinski definition) is 3. The molecule has 1 aromatic heterocycles. The summed E-state index contributed by atoms with van der Waals surface area (Å²) < 4.78 is 5.93. The van der Waals surface area contributed by atoms with Crippen molar-refractivity contribution in [2.45, 2.75) is 25.9 Å². The van der Waals surface area contributed by atoms with Gasteiger partial charge in [0, 0.05) is 14.8 Å². The predicted molar refractivity (Wildman–Crippen MR) is 77.5 cm³/mol. The van der Waals surface area contributed by atoms with Crippen LogP contribution in [-0.2, 0) is 6.42 Å². The maximum atomic E-state index is 12.2. The fourth-order valence-corrected chi connectivity index (χ4v) is 3.37. The predicted octanol–water partition coefficient (Wildman–Crippen LogP) is 4.67. The molecule has 1 atom stereocenters. The van der Waals surface area contributed by atoms with E-state index < -0.39 is 0 Å².